The molecule has 2 nitrogen and oxygen atoms in total. The molecule has 0 spiro atoms. The second-order valence-corrected chi connectivity index (χ2v) is 4.15. The maximum atomic E-state index is 4.65. The third kappa shape index (κ3) is 0.884. The van der Waals surface area contributed by atoms with Gasteiger partial charge in [0, 0.05) is 6.54 Å². The maximum Gasteiger partial charge on any atom is 0.106 e. The second-order valence-electron chi connectivity index (χ2n) is 4.15. The number of nitrogens with zero attached hydrogens (tertiary/aromatic N) is 2. The molecule has 1 aliphatic rings. The van der Waals surface area contributed by atoms with Crippen LogP contribution < -0.4 is 0 Å². The van der Waals surface area contributed by atoms with E-state index in [0.717, 1.165) is 12.4 Å². The van der Waals surface area contributed by atoms with Gasteiger partial charge in [0.25, 0.3) is 0 Å². The Morgan fingerprint density at radius 2 is 2.14 bits per heavy atom. The van der Waals surface area contributed by atoms with Crippen LogP contribution in [0.5, 0.6) is 0 Å². The van der Waals surface area contributed by atoms with Crippen molar-refractivity contribution >= 4 is 11.0 Å². The fraction of sp³-hybridized carbons (Fsp3) is 0.417. The molecule has 0 bridgehead atoms. The predicted molar refractivity (Wildman–Crippen MR) is 57.5 cm³/mol. The Labute approximate surface area is 83.6 Å². The van der Waals surface area contributed by atoms with Crippen LogP contribution in [0, 0.1) is 13.8 Å². The molecule has 1 aromatic carbocycles. The van der Waals surface area contributed by atoms with Gasteiger partial charge < -0.3 is 4.57 Å². The lowest BCUT2D eigenvalue weighted by atomic mass is 10.0. The molecule has 3 rings (SSSR count). The Balaban J connectivity index is 2.52. The Morgan fingerprint density at radius 3 is 3.00 bits per heavy atom. The first-order valence-corrected chi connectivity index (χ1v) is 5.22. The molecule has 0 saturated carbocycles. The number of imidazole rings is 1. The van der Waals surface area contributed by atoms with Gasteiger partial charge >= 0.3 is 0 Å². The molecule has 2 heterocycles. The molecule has 1 aromatic heterocycles. The first kappa shape index (κ1) is 8.04. The van der Waals surface area contributed by atoms with Crippen molar-refractivity contribution in [3.8, 4) is 0 Å². The van der Waals surface area contributed by atoms with Gasteiger partial charge in [0.05, 0.1) is 11.0 Å². The van der Waals surface area contributed by atoms with Gasteiger partial charge in [0.15, 0.2) is 0 Å². The minimum absolute atomic E-state index is 1.14. The smallest absolute Gasteiger partial charge is 0.106 e. The lowest BCUT2D eigenvalue weighted by Crippen LogP contribution is -2.08. The average Bonchev–Trinajstić information content (AvgIpc) is 2.53. The van der Waals surface area contributed by atoms with Gasteiger partial charge in [0.1, 0.15) is 5.82 Å². The highest BCUT2D eigenvalue weighted by Crippen LogP contribution is 2.28. The van der Waals surface area contributed by atoms with Crippen molar-refractivity contribution in [2.75, 3.05) is 0 Å². The van der Waals surface area contributed by atoms with Crippen molar-refractivity contribution < 1.29 is 0 Å². The molecule has 0 unspecified atom stereocenters. The molecule has 2 aromatic rings. The number of hydrogen-bond donors (Lipinski definition) is 0. The lowest BCUT2D eigenvalue weighted by molar-refractivity contribution is 0.617. The summed E-state index contributed by atoms with van der Waals surface area (Å²) in [6.07, 6.45) is 2.46. The van der Waals surface area contributed by atoms with Gasteiger partial charge in [-0.3, -0.25) is 0 Å². The van der Waals surface area contributed by atoms with Crippen LogP contribution in [-0.4, -0.2) is 9.55 Å². The molecular weight excluding hydrogens is 172 g/mol. The average molecular weight is 186 g/mol. The Hall–Kier alpha value is -1.31. The van der Waals surface area contributed by atoms with Gasteiger partial charge in [-0.15, -0.1) is 0 Å². The summed E-state index contributed by atoms with van der Waals surface area (Å²) in [5.74, 6) is 1.16. The fourth-order valence-electron chi connectivity index (χ4n) is 2.45. The van der Waals surface area contributed by atoms with Gasteiger partial charge in [0.2, 0.25) is 0 Å². The quantitative estimate of drug-likeness (QED) is 0.618. The molecule has 0 N–H and O–H groups in total. The summed E-state index contributed by atoms with van der Waals surface area (Å²) >= 11 is 0. The molecule has 0 atom stereocenters. The highest BCUT2D eigenvalue weighted by molar-refractivity contribution is 5.83. The SMILES string of the molecule is Cc1ccc2c3c1nc(C)n3CCC2. The summed E-state index contributed by atoms with van der Waals surface area (Å²) in [5.41, 5.74) is 5.36. The summed E-state index contributed by atoms with van der Waals surface area (Å²) in [5, 5.41) is 0. The topological polar surface area (TPSA) is 17.8 Å². The summed E-state index contributed by atoms with van der Waals surface area (Å²) in [7, 11) is 0. The molecule has 1 aliphatic heterocycles. The summed E-state index contributed by atoms with van der Waals surface area (Å²) in [6, 6.07) is 4.45. The fourth-order valence-corrected chi connectivity index (χ4v) is 2.45. The first-order chi connectivity index (χ1) is 6.77. The highest BCUT2D eigenvalue weighted by Gasteiger charge is 2.16. The molecule has 2 heteroatoms. The molecule has 0 saturated heterocycles. The molecule has 0 aliphatic carbocycles. The minimum Gasteiger partial charge on any atom is -0.328 e. The van der Waals surface area contributed by atoms with Crippen LogP contribution in [0.1, 0.15) is 23.4 Å². The zero-order valence-electron chi connectivity index (χ0n) is 8.67. The highest BCUT2D eigenvalue weighted by atomic mass is 15.1. The largest absolute Gasteiger partial charge is 0.328 e. The van der Waals surface area contributed by atoms with E-state index in [1.807, 2.05) is 0 Å². The van der Waals surface area contributed by atoms with E-state index in [-0.39, 0.29) is 0 Å². The molecule has 0 fully saturated rings. The number of benzene rings is 1. The van der Waals surface area contributed by atoms with Gasteiger partial charge in [-0.25, -0.2) is 4.98 Å². The minimum atomic E-state index is 1.14. The van der Waals surface area contributed by atoms with Crippen LogP contribution >= 0.6 is 0 Å². The zero-order chi connectivity index (χ0) is 9.71. The molecule has 72 valence electrons. The Bertz CT molecular complexity index is 509. The van der Waals surface area contributed by atoms with Crippen LogP contribution in [0.2, 0.25) is 0 Å². The van der Waals surface area contributed by atoms with E-state index in [0.29, 0.717) is 0 Å². The van der Waals surface area contributed by atoms with Crippen molar-refractivity contribution in [2.45, 2.75) is 33.2 Å². The first-order valence-electron chi connectivity index (χ1n) is 5.22. The third-order valence-electron chi connectivity index (χ3n) is 3.20. The maximum absolute atomic E-state index is 4.65. The molecular formula is C12H14N2. The lowest BCUT2D eigenvalue weighted by Gasteiger charge is -2.15. The summed E-state index contributed by atoms with van der Waals surface area (Å²) in [4.78, 5) is 4.65. The van der Waals surface area contributed by atoms with Crippen LogP contribution in [0.3, 0.4) is 0 Å². The standard InChI is InChI=1S/C12H14N2/c1-8-5-6-10-4-3-7-14-9(2)13-11(8)12(10)14/h5-6H,3-4,7H2,1-2H3. The van der Waals surface area contributed by atoms with Crippen LogP contribution in [0.25, 0.3) is 11.0 Å². The van der Waals surface area contributed by atoms with E-state index >= 15 is 0 Å². The van der Waals surface area contributed by atoms with Gasteiger partial charge in [-0.05, 0) is 37.8 Å². The number of rotatable bonds is 0. The van der Waals surface area contributed by atoms with Crippen LogP contribution in [0.15, 0.2) is 12.1 Å². The van der Waals surface area contributed by atoms with Crippen LogP contribution in [-0.2, 0) is 13.0 Å². The van der Waals surface area contributed by atoms with E-state index in [9.17, 15) is 0 Å². The molecule has 14 heavy (non-hydrogen) atoms. The van der Waals surface area contributed by atoms with E-state index in [2.05, 4.69) is 35.5 Å². The summed E-state index contributed by atoms with van der Waals surface area (Å²) < 4.78 is 2.36. The van der Waals surface area contributed by atoms with Crippen molar-refractivity contribution in [3.05, 3.63) is 29.1 Å². The van der Waals surface area contributed by atoms with Gasteiger partial charge in [-0.1, -0.05) is 12.1 Å². The number of aromatic nitrogens is 2. The monoisotopic (exact) mass is 186 g/mol. The third-order valence-corrected chi connectivity index (χ3v) is 3.20. The zero-order valence-corrected chi connectivity index (χ0v) is 8.67. The Kier molecular flexibility index (Phi) is 1.49. The molecule has 0 radical (unpaired) electrons. The van der Waals surface area contributed by atoms with Crippen molar-refractivity contribution in [1.29, 1.82) is 0 Å². The normalized spacial score (nSPS) is 15.0. The number of hydrogen-bond acceptors (Lipinski definition) is 1. The van der Waals surface area contributed by atoms with Gasteiger partial charge in [-0.2, -0.15) is 0 Å². The van der Waals surface area contributed by atoms with Crippen molar-refractivity contribution in [1.82, 2.24) is 9.55 Å². The van der Waals surface area contributed by atoms with Crippen molar-refractivity contribution in [2.24, 2.45) is 0 Å². The van der Waals surface area contributed by atoms with E-state index in [1.54, 1.807) is 0 Å². The Morgan fingerprint density at radius 1 is 1.29 bits per heavy atom. The van der Waals surface area contributed by atoms with Crippen molar-refractivity contribution in [3.63, 3.8) is 0 Å². The predicted octanol–water partition coefficient (Wildman–Crippen LogP) is 2.60. The molecule has 0 amide bonds. The number of aryl methyl sites for hydroxylation is 4. The second kappa shape index (κ2) is 2.59. The summed E-state index contributed by atoms with van der Waals surface area (Å²) in [6.45, 7) is 5.39. The van der Waals surface area contributed by atoms with Crippen LogP contribution in [0.4, 0.5) is 0 Å². The van der Waals surface area contributed by atoms with E-state index in [1.165, 1.54) is 35.0 Å². The van der Waals surface area contributed by atoms with E-state index in [4.69, 9.17) is 0 Å². The van der Waals surface area contributed by atoms with E-state index < -0.39 is 0 Å².